The third kappa shape index (κ3) is 4.99. The van der Waals surface area contributed by atoms with Crippen LogP contribution < -0.4 is 10.6 Å². The molecule has 0 aromatic heterocycles. The number of carboxylic acid groups (broad SMARTS) is 1. The first-order valence-corrected chi connectivity index (χ1v) is 10.5. The highest BCUT2D eigenvalue weighted by atomic mass is 16.5. The number of aliphatic carboxylic acids is 1. The molecule has 0 aliphatic heterocycles. The second-order valence-corrected chi connectivity index (χ2v) is 8.45. The normalized spacial score (nSPS) is 13.4. The van der Waals surface area contributed by atoms with Gasteiger partial charge in [0.1, 0.15) is 12.6 Å². The summed E-state index contributed by atoms with van der Waals surface area (Å²) in [4.78, 5) is 36.2. The second-order valence-electron chi connectivity index (χ2n) is 8.45. The Kier molecular flexibility index (Phi) is 6.98. The summed E-state index contributed by atoms with van der Waals surface area (Å²) in [6.07, 6.45) is 0.978. The molecule has 2 aromatic carbocycles. The van der Waals surface area contributed by atoms with Gasteiger partial charge in [-0.2, -0.15) is 0 Å². The van der Waals surface area contributed by atoms with Crippen molar-refractivity contribution in [3.05, 3.63) is 72.3 Å². The van der Waals surface area contributed by atoms with Crippen LogP contribution in [0.4, 0.5) is 4.79 Å². The zero-order chi connectivity index (χ0) is 23.3. The van der Waals surface area contributed by atoms with E-state index in [2.05, 4.69) is 29.3 Å². The minimum atomic E-state index is -1.13. The van der Waals surface area contributed by atoms with Crippen molar-refractivity contribution in [3.8, 4) is 11.1 Å². The highest BCUT2D eigenvalue weighted by molar-refractivity contribution is 5.86. The van der Waals surface area contributed by atoms with E-state index < -0.39 is 29.4 Å². The van der Waals surface area contributed by atoms with Gasteiger partial charge in [-0.1, -0.05) is 54.6 Å². The maximum Gasteiger partial charge on any atom is 0.407 e. The molecule has 0 heterocycles. The predicted molar refractivity (Wildman–Crippen MR) is 121 cm³/mol. The van der Waals surface area contributed by atoms with Gasteiger partial charge < -0.3 is 20.5 Å². The van der Waals surface area contributed by atoms with Crippen LogP contribution in [0, 0.1) is 5.41 Å². The molecule has 1 unspecified atom stereocenters. The first-order chi connectivity index (χ1) is 15.2. The SMILES string of the molecule is C=CCC(NC(=O)OCC1c2ccccc2-c2ccccc21)C(=O)NCC(C)(C)C(=O)O. The molecule has 0 bridgehead atoms. The molecule has 32 heavy (non-hydrogen) atoms. The van der Waals surface area contributed by atoms with Crippen molar-refractivity contribution < 1.29 is 24.2 Å². The van der Waals surface area contributed by atoms with Gasteiger partial charge in [-0.15, -0.1) is 6.58 Å². The summed E-state index contributed by atoms with van der Waals surface area (Å²) in [7, 11) is 0. The average Bonchev–Trinajstić information content (AvgIpc) is 3.09. The number of benzene rings is 2. The molecule has 3 N–H and O–H groups in total. The van der Waals surface area contributed by atoms with E-state index >= 15 is 0 Å². The molecule has 168 valence electrons. The monoisotopic (exact) mass is 436 g/mol. The number of carbonyl (C=O) groups is 3. The van der Waals surface area contributed by atoms with Crippen molar-refractivity contribution in [1.82, 2.24) is 10.6 Å². The smallest absolute Gasteiger partial charge is 0.407 e. The molecule has 0 saturated carbocycles. The summed E-state index contributed by atoms with van der Waals surface area (Å²) in [6, 6.07) is 15.1. The van der Waals surface area contributed by atoms with Gasteiger partial charge in [-0.05, 0) is 42.5 Å². The second kappa shape index (κ2) is 9.68. The molecule has 2 amide bonds. The van der Waals surface area contributed by atoms with Crippen LogP contribution in [0.15, 0.2) is 61.2 Å². The van der Waals surface area contributed by atoms with Gasteiger partial charge in [0.25, 0.3) is 0 Å². The van der Waals surface area contributed by atoms with Crippen molar-refractivity contribution in [2.75, 3.05) is 13.2 Å². The summed E-state index contributed by atoms with van der Waals surface area (Å²) < 4.78 is 5.49. The molecule has 0 spiro atoms. The van der Waals surface area contributed by atoms with Gasteiger partial charge in [-0.25, -0.2) is 4.79 Å². The summed E-state index contributed by atoms with van der Waals surface area (Å²) in [5.74, 6) is -1.61. The van der Waals surface area contributed by atoms with Gasteiger partial charge in [0.2, 0.25) is 5.91 Å². The van der Waals surface area contributed by atoms with E-state index in [0.717, 1.165) is 22.3 Å². The average molecular weight is 437 g/mol. The number of rotatable bonds is 9. The molecule has 2 aromatic rings. The van der Waals surface area contributed by atoms with E-state index in [0.29, 0.717) is 0 Å². The first kappa shape index (κ1) is 23.1. The third-order valence-corrected chi connectivity index (χ3v) is 5.64. The van der Waals surface area contributed by atoms with E-state index in [1.165, 1.54) is 19.9 Å². The van der Waals surface area contributed by atoms with Crippen LogP contribution in [0.1, 0.15) is 37.3 Å². The largest absolute Gasteiger partial charge is 0.481 e. The van der Waals surface area contributed by atoms with Crippen LogP contribution in [-0.2, 0) is 14.3 Å². The summed E-state index contributed by atoms with van der Waals surface area (Å²) in [6.45, 7) is 6.71. The number of carboxylic acids is 1. The molecule has 7 heteroatoms. The molecule has 7 nitrogen and oxygen atoms in total. The Morgan fingerprint density at radius 1 is 1.09 bits per heavy atom. The predicted octanol–water partition coefficient (Wildman–Crippen LogP) is 3.70. The summed E-state index contributed by atoms with van der Waals surface area (Å²) in [5.41, 5.74) is 3.32. The van der Waals surface area contributed by atoms with E-state index in [1.807, 2.05) is 36.4 Å². The molecule has 0 fully saturated rings. The Hall–Kier alpha value is -3.61. The quantitative estimate of drug-likeness (QED) is 0.520. The van der Waals surface area contributed by atoms with Crippen LogP contribution in [0.25, 0.3) is 11.1 Å². The zero-order valence-corrected chi connectivity index (χ0v) is 18.3. The maximum absolute atomic E-state index is 12.5. The highest BCUT2D eigenvalue weighted by Crippen LogP contribution is 2.44. The fourth-order valence-electron chi connectivity index (χ4n) is 3.69. The molecule has 1 aliphatic rings. The fraction of sp³-hybridized carbons (Fsp3) is 0.320. The van der Waals surface area contributed by atoms with E-state index in [1.54, 1.807) is 0 Å². The molecule has 0 saturated heterocycles. The van der Waals surface area contributed by atoms with Gasteiger partial charge >= 0.3 is 12.1 Å². The van der Waals surface area contributed by atoms with Gasteiger partial charge in [0.05, 0.1) is 5.41 Å². The van der Waals surface area contributed by atoms with E-state index in [-0.39, 0.29) is 25.5 Å². The fourth-order valence-corrected chi connectivity index (χ4v) is 3.69. The lowest BCUT2D eigenvalue weighted by Crippen LogP contribution is -2.49. The Morgan fingerprint density at radius 2 is 1.66 bits per heavy atom. The number of nitrogens with one attached hydrogen (secondary N) is 2. The van der Waals surface area contributed by atoms with Crippen molar-refractivity contribution in [3.63, 3.8) is 0 Å². The molecule has 3 rings (SSSR count). The van der Waals surface area contributed by atoms with Crippen LogP contribution in [0.3, 0.4) is 0 Å². The number of hydrogen-bond acceptors (Lipinski definition) is 4. The third-order valence-electron chi connectivity index (χ3n) is 5.64. The number of ether oxygens (including phenoxy) is 1. The summed E-state index contributed by atoms with van der Waals surface area (Å²) >= 11 is 0. The highest BCUT2D eigenvalue weighted by Gasteiger charge is 2.31. The first-order valence-electron chi connectivity index (χ1n) is 10.5. The van der Waals surface area contributed by atoms with Crippen LogP contribution in [-0.4, -0.2) is 42.3 Å². The lowest BCUT2D eigenvalue weighted by molar-refractivity contribution is -0.146. The molecular formula is C25H28N2O5. The molecule has 0 radical (unpaired) electrons. The van der Waals surface area contributed by atoms with Crippen LogP contribution in [0.2, 0.25) is 0 Å². The van der Waals surface area contributed by atoms with E-state index in [4.69, 9.17) is 4.74 Å². The standard InChI is InChI=1S/C25H28N2O5/c1-4-9-21(22(28)26-15-25(2,3)23(29)30)27-24(31)32-14-20-18-12-7-5-10-16(18)17-11-6-8-13-19(17)20/h4-8,10-13,20-21H,1,9,14-15H2,2-3H3,(H,26,28)(H,27,31)(H,29,30). The minimum absolute atomic E-state index is 0.0683. The Labute approximate surface area is 187 Å². The number of hydrogen-bond donors (Lipinski definition) is 3. The lowest BCUT2D eigenvalue weighted by atomic mass is 9.94. The summed E-state index contributed by atoms with van der Waals surface area (Å²) in [5, 5.41) is 14.3. The zero-order valence-electron chi connectivity index (χ0n) is 18.3. The van der Waals surface area contributed by atoms with E-state index in [9.17, 15) is 19.5 Å². The number of alkyl carbamates (subject to hydrolysis) is 1. The number of fused-ring (bicyclic) bond motifs is 3. The maximum atomic E-state index is 12.5. The lowest BCUT2D eigenvalue weighted by Gasteiger charge is -2.22. The van der Waals surface area contributed by atoms with Crippen molar-refractivity contribution >= 4 is 18.0 Å². The molecule has 1 aliphatic carbocycles. The topological polar surface area (TPSA) is 105 Å². The van der Waals surface area contributed by atoms with Crippen LogP contribution >= 0.6 is 0 Å². The molecule has 1 atom stereocenters. The van der Waals surface area contributed by atoms with Crippen LogP contribution in [0.5, 0.6) is 0 Å². The van der Waals surface area contributed by atoms with Gasteiger partial charge in [0, 0.05) is 12.5 Å². The number of carbonyl (C=O) groups excluding carboxylic acids is 2. The Balaban J connectivity index is 1.62. The molecular weight excluding hydrogens is 408 g/mol. The Morgan fingerprint density at radius 3 is 2.19 bits per heavy atom. The van der Waals surface area contributed by atoms with Gasteiger partial charge in [-0.3, -0.25) is 9.59 Å². The Bertz CT molecular complexity index is 985. The van der Waals surface area contributed by atoms with Gasteiger partial charge in [0.15, 0.2) is 0 Å². The van der Waals surface area contributed by atoms with Crippen molar-refractivity contribution in [2.24, 2.45) is 5.41 Å². The van der Waals surface area contributed by atoms with Crippen molar-refractivity contribution in [2.45, 2.75) is 32.2 Å². The van der Waals surface area contributed by atoms with Crippen molar-refractivity contribution in [1.29, 1.82) is 0 Å². The minimum Gasteiger partial charge on any atom is -0.481 e. The number of amides is 2.